The zero-order valence-corrected chi connectivity index (χ0v) is 19.7. The second-order valence-electron chi connectivity index (χ2n) is 8.16. The molecule has 0 spiro atoms. The summed E-state index contributed by atoms with van der Waals surface area (Å²) in [6.45, 7) is 3.95. The third kappa shape index (κ3) is 6.66. The fraction of sp³-hybridized carbons (Fsp3) is 0.478. The molecule has 2 aliphatic heterocycles. The molecule has 0 saturated carbocycles. The maximum Gasteiger partial charge on any atom is 0.416 e. The molecule has 0 aromatic heterocycles. The minimum absolute atomic E-state index is 0. The number of nitrogens with zero attached hydrogens (tertiary/aromatic N) is 4. The predicted molar refractivity (Wildman–Crippen MR) is 125 cm³/mol. The van der Waals surface area contributed by atoms with Crippen LogP contribution in [0.2, 0.25) is 0 Å². The van der Waals surface area contributed by atoms with Gasteiger partial charge in [-0.05, 0) is 68.8 Å². The van der Waals surface area contributed by atoms with Crippen LogP contribution in [0.3, 0.4) is 0 Å². The van der Waals surface area contributed by atoms with Crippen LogP contribution in [0.5, 0.6) is 0 Å². The number of fused-ring (bicyclic) bond motifs is 1. The molecular weight excluding hydrogens is 471 g/mol. The Balaban J connectivity index is 0.00000324. The fourth-order valence-corrected chi connectivity index (χ4v) is 3.97. The second kappa shape index (κ2) is 11.6. The standard InChI is InChI=1S/C23H28F3N5O2.ClH/c1-32-21-14-17-16-31(28-19-8-6-18(7-9-19)23(24,25)26)29-27-20(17)15-22(21)33-13-5-12-30-10-3-2-4-11-30;/h6-9,14-16,20,28H,2-5,10-13H2,1H3;1H. The lowest BCUT2D eigenvalue weighted by Gasteiger charge is -2.27. The largest absolute Gasteiger partial charge is 0.493 e. The van der Waals surface area contributed by atoms with Crippen LogP contribution in [0.1, 0.15) is 31.2 Å². The van der Waals surface area contributed by atoms with Gasteiger partial charge in [0.1, 0.15) is 6.04 Å². The Morgan fingerprint density at radius 1 is 1.09 bits per heavy atom. The quantitative estimate of drug-likeness (QED) is 0.464. The van der Waals surface area contributed by atoms with Crippen molar-refractivity contribution in [1.82, 2.24) is 10.0 Å². The van der Waals surface area contributed by atoms with Gasteiger partial charge in [-0.15, -0.1) is 12.4 Å². The van der Waals surface area contributed by atoms with Crippen LogP contribution in [0.25, 0.3) is 0 Å². The molecule has 34 heavy (non-hydrogen) atoms. The number of piperidine rings is 1. The summed E-state index contributed by atoms with van der Waals surface area (Å²) in [7, 11) is 1.58. The molecule has 1 aromatic rings. The molecule has 1 fully saturated rings. The molecule has 0 amide bonds. The first kappa shape index (κ1) is 25.9. The van der Waals surface area contributed by atoms with Gasteiger partial charge >= 0.3 is 6.18 Å². The first-order chi connectivity index (χ1) is 15.9. The van der Waals surface area contributed by atoms with E-state index < -0.39 is 11.7 Å². The molecule has 1 aliphatic carbocycles. The summed E-state index contributed by atoms with van der Waals surface area (Å²) in [4.78, 5) is 2.48. The summed E-state index contributed by atoms with van der Waals surface area (Å²) in [6, 6.07) is 4.40. The van der Waals surface area contributed by atoms with Crippen LogP contribution in [0.15, 0.2) is 70.0 Å². The van der Waals surface area contributed by atoms with Gasteiger partial charge in [0.25, 0.3) is 0 Å². The maximum atomic E-state index is 12.7. The zero-order valence-electron chi connectivity index (χ0n) is 18.9. The minimum atomic E-state index is -4.37. The number of benzene rings is 1. The summed E-state index contributed by atoms with van der Waals surface area (Å²) < 4.78 is 49.7. The molecule has 1 saturated heterocycles. The number of rotatable bonds is 8. The summed E-state index contributed by atoms with van der Waals surface area (Å²) >= 11 is 0. The molecule has 1 aromatic carbocycles. The van der Waals surface area contributed by atoms with Crippen molar-refractivity contribution in [3.05, 3.63) is 65.3 Å². The van der Waals surface area contributed by atoms with Crippen molar-refractivity contribution in [3.8, 4) is 0 Å². The van der Waals surface area contributed by atoms with Crippen LogP contribution >= 0.6 is 12.4 Å². The lowest BCUT2D eigenvalue weighted by molar-refractivity contribution is -0.137. The highest BCUT2D eigenvalue weighted by Crippen LogP contribution is 2.31. The predicted octanol–water partition coefficient (Wildman–Crippen LogP) is 5.71. The van der Waals surface area contributed by atoms with E-state index in [1.54, 1.807) is 13.3 Å². The normalized spacial score (nSPS) is 20.4. The number of likely N-dealkylation sites (tertiary alicyclic amines) is 1. The van der Waals surface area contributed by atoms with E-state index >= 15 is 0 Å². The highest BCUT2D eigenvalue weighted by Gasteiger charge is 2.30. The third-order valence-corrected chi connectivity index (χ3v) is 5.74. The summed E-state index contributed by atoms with van der Waals surface area (Å²) in [6.07, 6.45) is 5.86. The molecule has 4 rings (SSSR count). The summed E-state index contributed by atoms with van der Waals surface area (Å²) in [5.41, 5.74) is 3.48. The van der Waals surface area contributed by atoms with Crippen molar-refractivity contribution in [2.24, 2.45) is 10.3 Å². The molecule has 0 radical (unpaired) electrons. The van der Waals surface area contributed by atoms with Gasteiger partial charge in [-0.3, -0.25) is 5.43 Å². The van der Waals surface area contributed by atoms with Gasteiger partial charge < -0.3 is 14.4 Å². The maximum absolute atomic E-state index is 12.7. The van der Waals surface area contributed by atoms with Gasteiger partial charge in [-0.2, -0.15) is 23.4 Å². The lowest BCUT2D eigenvalue weighted by Crippen LogP contribution is -2.31. The summed E-state index contributed by atoms with van der Waals surface area (Å²) in [5, 5.41) is 9.73. The first-order valence-corrected chi connectivity index (χ1v) is 11.1. The number of alkyl halides is 3. The number of methoxy groups -OCH3 is 1. The minimum Gasteiger partial charge on any atom is -0.493 e. The molecule has 1 atom stereocenters. The van der Waals surface area contributed by atoms with Gasteiger partial charge in [0.2, 0.25) is 0 Å². The van der Waals surface area contributed by atoms with E-state index in [0.717, 1.165) is 30.7 Å². The molecule has 3 aliphatic rings. The van der Waals surface area contributed by atoms with E-state index in [1.807, 2.05) is 12.2 Å². The van der Waals surface area contributed by atoms with Crippen molar-refractivity contribution in [3.63, 3.8) is 0 Å². The molecule has 7 nitrogen and oxygen atoms in total. The van der Waals surface area contributed by atoms with Crippen LogP contribution in [-0.4, -0.2) is 49.4 Å². The van der Waals surface area contributed by atoms with Gasteiger partial charge in [-0.1, -0.05) is 11.6 Å². The number of anilines is 1. The summed E-state index contributed by atoms with van der Waals surface area (Å²) in [5.74, 6) is 1.24. The van der Waals surface area contributed by atoms with E-state index in [-0.39, 0.29) is 18.4 Å². The Bertz CT molecular complexity index is 941. The highest BCUT2D eigenvalue weighted by atomic mass is 35.5. The molecule has 11 heteroatoms. The molecular formula is C23H29ClF3N5O2. The Morgan fingerprint density at radius 2 is 1.82 bits per heavy atom. The van der Waals surface area contributed by atoms with Crippen molar-refractivity contribution < 1.29 is 22.6 Å². The Labute approximate surface area is 203 Å². The van der Waals surface area contributed by atoms with Crippen molar-refractivity contribution in [1.29, 1.82) is 0 Å². The molecule has 1 N–H and O–H groups in total. The third-order valence-electron chi connectivity index (χ3n) is 5.74. The van der Waals surface area contributed by atoms with Gasteiger partial charge in [0, 0.05) is 12.1 Å². The molecule has 2 heterocycles. The van der Waals surface area contributed by atoms with Crippen LogP contribution < -0.4 is 5.43 Å². The van der Waals surface area contributed by atoms with Crippen molar-refractivity contribution in [2.45, 2.75) is 37.9 Å². The smallest absolute Gasteiger partial charge is 0.416 e. The SMILES string of the molecule is COC1=CC2=CN(Nc3ccc(C(F)(F)F)cc3)N=NC2C=C1OCCCN1CCCCC1.Cl. The van der Waals surface area contributed by atoms with E-state index in [4.69, 9.17) is 9.47 Å². The molecule has 0 bridgehead atoms. The zero-order chi connectivity index (χ0) is 23.3. The monoisotopic (exact) mass is 499 g/mol. The topological polar surface area (TPSA) is 61.7 Å². The number of halogens is 4. The van der Waals surface area contributed by atoms with Crippen molar-refractivity contribution >= 4 is 18.1 Å². The first-order valence-electron chi connectivity index (χ1n) is 11.1. The molecule has 1 unspecified atom stereocenters. The number of hydrogen-bond donors (Lipinski definition) is 1. The average Bonchev–Trinajstić information content (AvgIpc) is 2.82. The Morgan fingerprint density at radius 3 is 2.50 bits per heavy atom. The van der Waals surface area contributed by atoms with Crippen LogP contribution in [0, 0.1) is 0 Å². The van der Waals surface area contributed by atoms with Crippen LogP contribution in [-0.2, 0) is 15.7 Å². The Kier molecular flexibility index (Phi) is 8.84. The second-order valence-corrected chi connectivity index (χ2v) is 8.16. The molecule has 186 valence electrons. The van der Waals surface area contributed by atoms with Crippen LogP contribution in [0.4, 0.5) is 18.9 Å². The number of ether oxygens (including phenoxy) is 2. The van der Waals surface area contributed by atoms with E-state index in [2.05, 4.69) is 20.7 Å². The average molecular weight is 500 g/mol. The van der Waals surface area contributed by atoms with Gasteiger partial charge in [-0.25, -0.2) is 0 Å². The number of nitrogens with one attached hydrogen (secondary N) is 1. The number of hydrogen-bond acceptors (Lipinski definition) is 7. The van der Waals surface area contributed by atoms with Gasteiger partial charge in [0.15, 0.2) is 11.5 Å². The number of hydrazine groups is 1. The highest BCUT2D eigenvalue weighted by molar-refractivity contribution is 5.85. The van der Waals surface area contributed by atoms with E-state index in [9.17, 15) is 13.2 Å². The Hall–Kier alpha value is -2.72. The lowest BCUT2D eigenvalue weighted by atomic mass is 10.0. The van der Waals surface area contributed by atoms with E-state index in [1.165, 1.54) is 49.6 Å². The fourth-order valence-electron chi connectivity index (χ4n) is 3.97. The van der Waals surface area contributed by atoms with E-state index in [0.29, 0.717) is 23.8 Å². The van der Waals surface area contributed by atoms with Crippen molar-refractivity contribution in [2.75, 3.05) is 38.8 Å². The van der Waals surface area contributed by atoms with Gasteiger partial charge in [0.05, 0.1) is 31.2 Å².